The molecule has 0 spiro atoms. The van der Waals surface area contributed by atoms with E-state index >= 15 is 0 Å². The molecule has 108 valence electrons. The molecule has 1 N–H and O–H groups in total. The fourth-order valence-corrected chi connectivity index (χ4v) is 2.45. The van der Waals surface area contributed by atoms with Crippen LogP contribution in [0.5, 0.6) is 0 Å². The number of anilines is 1. The molecule has 0 radical (unpaired) electrons. The van der Waals surface area contributed by atoms with Crippen molar-refractivity contribution in [3.05, 3.63) is 57.8 Å². The summed E-state index contributed by atoms with van der Waals surface area (Å²) in [4.78, 5) is 23.8. The van der Waals surface area contributed by atoms with Crippen LogP contribution in [0.2, 0.25) is 0 Å². The topological polar surface area (TPSA) is 55.4 Å². The third kappa shape index (κ3) is 4.03. The minimum atomic E-state index is -0.456. The van der Waals surface area contributed by atoms with Gasteiger partial charge >= 0.3 is 5.97 Å². The maximum atomic E-state index is 11.9. The third-order valence-corrected chi connectivity index (χ3v) is 3.69. The van der Waals surface area contributed by atoms with Crippen LogP contribution >= 0.6 is 11.3 Å². The van der Waals surface area contributed by atoms with Gasteiger partial charge in [-0.1, -0.05) is 29.8 Å². The Morgan fingerprint density at radius 2 is 1.90 bits per heavy atom. The van der Waals surface area contributed by atoms with E-state index in [1.807, 2.05) is 31.2 Å². The van der Waals surface area contributed by atoms with E-state index in [1.165, 1.54) is 24.5 Å². The molecule has 0 saturated heterocycles. The van der Waals surface area contributed by atoms with E-state index in [-0.39, 0.29) is 5.91 Å². The first-order valence-corrected chi connectivity index (χ1v) is 7.19. The Morgan fingerprint density at radius 3 is 2.57 bits per heavy atom. The molecule has 2 rings (SSSR count). The van der Waals surface area contributed by atoms with E-state index < -0.39 is 5.97 Å². The highest BCUT2D eigenvalue weighted by molar-refractivity contribution is 7.12. The monoisotopic (exact) mass is 301 g/mol. The predicted molar refractivity (Wildman–Crippen MR) is 84.5 cm³/mol. The second kappa shape index (κ2) is 6.85. The van der Waals surface area contributed by atoms with Crippen LogP contribution in [0.1, 0.15) is 20.8 Å². The molecule has 1 aromatic carbocycles. The molecule has 0 aliphatic heterocycles. The van der Waals surface area contributed by atoms with Crippen molar-refractivity contribution in [2.45, 2.75) is 6.92 Å². The molecule has 0 bridgehead atoms. The van der Waals surface area contributed by atoms with Crippen LogP contribution in [0.3, 0.4) is 0 Å². The third-order valence-electron chi connectivity index (χ3n) is 2.80. The fourth-order valence-electron chi connectivity index (χ4n) is 1.68. The maximum absolute atomic E-state index is 11.9. The summed E-state index contributed by atoms with van der Waals surface area (Å²) in [5.74, 6) is -0.748. The molecule has 1 heterocycles. The number of ether oxygens (including phenoxy) is 1. The molecule has 0 fully saturated rings. The summed E-state index contributed by atoms with van der Waals surface area (Å²) in [6, 6.07) is 9.50. The van der Waals surface area contributed by atoms with Crippen molar-refractivity contribution in [2.75, 3.05) is 12.4 Å². The first kappa shape index (κ1) is 15.0. The summed E-state index contributed by atoms with van der Waals surface area (Å²) in [6.07, 6.45) is 3.16. The average Bonchev–Trinajstić information content (AvgIpc) is 2.94. The van der Waals surface area contributed by atoms with Crippen LogP contribution in [-0.4, -0.2) is 19.0 Å². The van der Waals surface area contributed by atoms with E-state index in [4.69, 9.17) is 0 Å². The van der Waals surface area contributed by atoms with Crippen molar-refractivity contribution in [1.82, 2.24) is 0 Å². The molecule has 2 aromatic rings. The van der Waals surface area contributed by atoms with Gasteiger partial charge in [0.25, 0.3) is 0 Å². The molecule has 21 heavy (non-hydrogen) atoms. The lowest BCUT2D eigenvalue weighted by atomic mass is 10.1. The summed E-state index contributed by atoms with van der Waals surface area (Å²) in [6.45, 7) is 2.01. The molecular weight excluding hydrogens is 286 g/mol. The number of thiophene rings is 1. The molecule has 5 heteroatoms. The Balaban J connectivity index is 2.03. The van der Waals surface area contributed by atoms with E-state index in [0.717, 1.165) is 11.1 Å². The number of nitrogens with one attached hydrogen (secondary N) is 1. The number of carbonyl (C=O) groups is 2. The van der Waals surface area contributed by atoms with Gasteiger partial charge in [0, 0.05) is 6.08 Å². The van der Waals surface area contributed by atoms with Crippen LogP contribution in [0.4, 0.5) is 5.69 Å². The molecule has 4 nitrogen and oxygen atoms in total. The Morgan fingerprint density at radius 1 is 1.19 bits per heavy atom. The van der Waals surface area contributed by atoms with Crippen molar-refractivity contribution in [3.63, 3.8) is 0 Å². The highest BCUT2D eigenvalue weighted by Gasteiger charge is 2.14. The predicted octanol–water partition coefficient (Wildman–Crippen LogP) is 3.50. The Labute approximate surface area is 127 Å². The van der Waals surface area contributed by atoms with Gasteiger partial charge in [-0.25, -0.2) is 4.79 Å². The molecule has 1 aromatic heterocycles. The van der Waals surface area contributed by atoms with Gasteiger partial charge in [0.05, 0.1) is 12.8 Å². The number of rotatable bonds is 4. The molecule has 0 unspecified atom stereocenters. The highest BCUT2D eigenvalue weighted by atomic mass is 32.1. The van der Waals surface area contributed by atoms with E-state index in [2.05, 4.69) is 10.1 Å². The van der Waals surface area contributed by atoms with E-state index in [1.54, 1.807) is 17.5 Å². The second-order valence-electron chi connectivity index (χ2n) is 4.39. The largest absolute Gasteiger partial charge is 0.465 e. The zero-order valence-corrected chi connectivity index (χ0v) is 12.6. The SMILES string of the molecule is COC(=O)c1sccc1NC(=O)/C=C/c1ccc(C)cc1. The Hall–Kier alpha value is -2.40. The van der Waals surface area contributed by atoms with Crippen molar-refractivity contribution < 1.29 is 14.3 Å². The summed E-state index contributed by atoms with van der Waals surface area (Å²) in [7, 11) is 1.31. The van der Waals surface area contributed by atoms with E-state index in [0.29, 0.717) is 10.6 Å². The number of esters is 1. The smallest absolute Gasteiger partial charge is 0.350 e. The lowest BCUT2D eigenvalue weighted by Crippen LogP contribution is -2.10. The van der Waals surface area contributed by atoms with Gasteiger partial charge in [0.15, 0.2) is 0 Å². The quantitative estimate of drug-likeness (QED) is 0.694. The number of hydrogen-bond donors (Lipinski definition) is 1. The Bertz CT molecular complexity index is 671. The van der Waals surface area contributed by atoms with Crippen molar-refractivity contribution in [1.29, 1.82) is 0 Å². The number of methoxy groups -OCH3 is 1. The number of aryl methyl sites for hydroxylation is 1. The number of carbonyl (C=O) groups excluding carboxylic acids is 2. The normalized spacial score (nSPS) is 10.6. The maximum Gasteiger partial charge on any atom is 0.350 e. The van der Waals surface area contributed by atoms with Gasteiger partial charge in [0.1, 0.15) is 4.88 Å². The van der Waals surface area contributed by atoms with Crippen LogP contribution in [0.25, 0.3) is 6.08 Å². The molecule has 0 saturated carbocycles. The van der Waals surface area contributed by atoms with Crippen molar-refractivity contribution >= 4 is 35.0 Å². The van der Waals surface area contributed by atoms with E-state index in [9.17, 15) is 9.59 Å². The van der Waals surface area contributed by atoms with Gasteiger partial charge in [-0.05, 0) is 30.0 Å². The molecular formula is C16H15NO3S. The summed E-state index contributed by atoms with van der Waals surface area (Å²) in [5, 5.41) is 4.40. The highest BCUT2D eigenvalue weighted by Crippen LogP contribution is 2.23. The summed E-state index contributed by atoms with van der Waals surface area (Å²) in [5.41, 5.74) is 2.57. The van der Waals surface area contributed by atoms with Crippen molar-refractivity contribution in [3.8, 4) is 0 Å². The minimum Gasteiger partial charge on any atom is -0.465 e. The van der Waals surface area contributed by atoms with Gasteiger partial charge in [-0.15, -0.1) is 11.3 Å². The first-order valence-electron chi connectivity index (χ1n) is 6.31. The zero-order chi connectivity index (χ0) is 15.2. The molecule has 0 atom stereocenters. The van der Waals surface area contributed by atoms with Gasteiger partial charge in [-0.3, -0.25) is 4.79 Å². The average molecular weight is 301 g/mol. The van der Waals surface area contributed by atoms with Crippen molar-refractivity contribution in [2.24, 2.45) is 0 Å². The van der Waals surface area contributed by atoms with Crippen LogP contribution in [0, 0.1) is 6.92 Å². The summed E-state index contributed by atoms with van der Waals surface area (Å²) >= 11 is 1.23. The second-order valence-corrected chi connectivity index (χ2v) is 5.30. The minimum absolute atomic E-state index is 0.292. The molecule has 1 amide bonds. The fraction of sp³-hybridized carbons (Fsp3) is 0.125. The number of amides is 1. The van der Waals surface area contributed by atoms with Crippen LogP contribution in [0.15, 0.2) is 41.8 Å². The van der Waals surface area contributed by atoms with Gasteiger partial charge in [-0.2, -0.15) is 0 Å². The Kier molecular flexibility index (Phi) is 4.90. The van der Waals surface area contributed by atoms with Gasteiger partial charge in [0.2, 0.25) is 5.91 Å². The number of benzene rings is 1. The molecule has 0 aliphatic rings. The summed E-state index contributed by atoms with van der Waals surface area (Å²) < 4.78 is 4.66. The first-order chi connectivity index (χ1) is 10.1. The van der Waals surface area contributed by atoms with Gasteiger partial charge < -0.3 is 10.1 Å². The van der Waals surface area contributed by atoms with Crippen LogP contribution < -0.4 is 5.32 Å². The number of hydrogen-bond acceptors (Lipinski definition) is 4. The standard InChI is InChI=1S/C16H15NO3S/c1-11-3-5-12(6-4-11)7-8-14(18)17-13-9-10-21-15(13)16(19)20-2/h3-10H,1-2H3,(H,17,18)/b8-7+. The zero-order valence-electron chi connectivity index (χ0n) is 11.8. The lowest BCUT2D eigenvalue weighted by molar-refractivity contribution is -0.111. The lowest BCUT2D eigenvalue weighted by Gasteiger charge is -2.02. The molecule has 0 aliphatic carbocycles. The van der Waals surface area contributed by atoms with Crippen LogP contribution in [-0.2, 0) is 9.53 Å².